The lowest BCUT2D eigenvalue weighted by Crippen LogP contribution is -2.38. The molecule has 0 saturated carbocycles. The summed E-state index contributed by atoms with van der Waals surface area (Å²) in [6.45, 7) is 4.83. The van der Waals surface area contributed by atoms with Gasteiger partial charge in [-0.2, -0.15) is 0 Å². The lowest BCUT2D eigenvalue weighted by atomic mass is 10.2. The zero-order valence-corrected chi connectivity index (χ0v) is 12.4. The molecule has 1 unspecified atom stereocenters. The summed E-state index contributed by atoms with van der Waals surface area (Å²) in [6, 6.07) is 0. The van der Waals surface area contributed by atoms with Crippen molar-refractivity contribution in [2.45, 2.75) is 32.6 Å². The first kappa shape index (κ1) is 16.0. The quantitative estimate of drug-likeness (QED) is 0.464. The summed E-state index contributed by atoms with van der Waals surface area (Å²) in [6.07, 6.45) is 5.03. The van der Waals surface area contributed by atoms with Crippen LogP contribution in [0.1, 0.15) is 32.6 Å². The molecule has 0 bridgehead atoms. The molecular weight excluding hydrogens is 317 g/mol. The predicted octanol–water partition coefficient (Wildman–Crippen LogP) is 1.42. The lowest BCUT2D eigenvalue weighted by Gasteiger charge is -2.21. The zero-order valence-electron chi connectivity index (χ0n) is 10.1. The minimum Gasteiger partial charge on any atom is -0.396 e. The number of guanidine groups is 1. The Labute approximate surface area is 115 Å². The Morgan fingerprint density at radius 3 is 2.38 bits per heavy atom. The number of nitrogens with zero attached hydrogens (tertiary/aromatic N) is 2. The highest BCUT2D eigenvalue weighted by atomic mass is 127. The summed E-state index contributed by atoms with van der Waals surface area (Å²) in [5, 5.41) is 8.88. The van der Waals surface area contributed by atoms with Gasteiger partial charge in [-0.05, 0) is 18.8 Å². The molecule has 16 heavy (non-hydrogen) atoms. The molecule has 1 heterocycles. The monoisotopic (exact) mass is 341 g/mol. The number of hydrogen-bond acceptors (Lipinski definition) is 2. The van der Waals surface area contributed by atoms with Crippen LogP contribution in [0.5, 0.6) is 0 Å². The molecule has 1 fully saturated rings. The van der Waals surface area contributed by atoms with Crippen LogP contribution in [0.2, 0.25) is 0 Å². The van der Waals surface area contributed by atoms with Gasteiger partial charge in [0.25, 0.3) is 0 Å². The van der Waals surface area contributed by atoms with E-state index in [2.05, 4.69) is 9.89 Å². The molecule has 1 aliphatic heterocycles. The van der Waals surface area contributed by atoms with E-state index in [1.54, 1.807) is 0 Å². The van der Waals surface area contributed by atoms with Gasteiger partial charge in [0.05, 0.1) is 0 Å². The molecule has 0 spiro atoms. The van der Waals surface area contributed by atoms with E-state index in [0.29, 0.717) is 12.5 Å². The molecule has 1 saturated heterocycles. The summed E-state index contributed by atoms with van der Waals surface area (Å²) in [5.41, 5.74) is 5.92. The van der Waals surface area contributed by atoms with Crippen molar-refractivity contribution in [3.8, 4) is 0 Å². The number of hydrogen-bond donors (Lipinski definition) is 2. The lowest BCUT2D eigenvalue weighted by molar-refractivity contribution is 0.241. The molecule has 0 aromatic rings. The fourth-order valence-electron chi connectivity index (χ4n) is 1.71. The minimum atomic E-state index is 0. The number of aliphatic hydroxyl groups is 1. The molecule has 0 amide bonds. The van der Waals surface area contributed by atoms with Gasteiger partial charge in [-0.15, -0.1) is 24.0 Å². The van der Waals surface area contributed by atoms with Gasteiger partial charge < -0.3 is 15.7 Å². The smallest absolute Gasteiger partial charge is 0.191 e. The SMILES string of the molecule is CC(CO)CN=C(N)N1CCCCCC1.I. The van der Waals surface area contributed by atoms with Gasteiger partial charge in [0.15, 0.2) is 5.96 Å². The molecule has 0 radical (unpaired) electrons. The van der Waals surface area contributed by atoms with Crippen LogP contribution in [0, 0.1) is 5.92 Å². The molecule has 0 aromatic heterocycles. The van der Waals surface area contributed by atoms with Crippen molar-refractivity contribution in [2.24, 2.45) is 16.6 Å². The molecule has 1 aliphatic rings. The molecule has 4 nitrogen and oxygen atoms in total. The fraction of sp³-hybridized carbons (Fsp3) is 0.909. The third-order valence-electron chi connectivity index (χ3n) is 2.81. The van der Waals surface area contributed by atoms with Crippen LogP contribution in [0.4, 0.5) is 0 Å². The van der Waals surface area contributed by atoms with E-state index >= 15 is 0 Å². The van der Waals surface area contributed by atoms with Crippen molar-refractivity contribution in [3.63, 3.8) is 0 Å². The van der Waals surface area contributed by atoms with Gasteiger partial charge in [-0.3, -0.25) is 4.99 Å². The second kappa shape index (κ2) is 9.04. The van der Waals surface area contributed by atoms with Crippen molar-refractivity contribution < 1.29 is 5.11 Å². The Kier molecular flexibility index (Phi) is 9.02. The fourth-order valence-corrected chi connectivity index (χ4v) is 1.71. The number of aliphatic imine (C=N–C) groups is 1. The summed E-state index contributed by atoms with van der Waals surface area (Å²) in [5.74, 6) is 0.854. The normalized spacial score (nSPS) is 19.9. The first-order valence-corrected chi connectivity index (χ1v) is 5.89. The van der Waals surface area contributed by atoms with Crippen LogP contribution in [0.25, 0.3) is 0 Å². The van der Waals surface area contributed by atoms with E-state index in [0.717, 1.165) is 13.1 Å². The average molecular weight is 341 g/mol. The van der Waals surface area contributed by atoms with Gasteiger partial charge in [-0.1, -0.05) is 19.8 Å². The van der Waals surface area contributed by atoms with Crippen LogP contribution < -0.4 is 5.73 Å². The highest BCUT2D eigenvalue weighted by Crippen LogP contribution is 2.09. The third-order valence-corrected chi connectivity index (χ3v) is 2.81. The first-order valence-electron chi connectivity index (χ1n) is 5.89. The maximum Gasteiger partial charge on any atom is 0.191 e. The van der Waals surface area contributed by atoms with Crippen molar-refractivity contribution in [2.75, 3.05) is 26.2 Å². The molecule has 1 rings (SSSR count). The Hall–Kier alpha value is -0.0400. The standard InChI is InChI=1S/C11H23N3O.HI/c1-10(9-15)8-13-11(12)14-6-4-2-3-5-7-14;/h10,15H,2-9H2,1H3,(H2,12,13);1H. The van der Waals surface area contributed by atoms with E-state index in [-0.39, 0.29) is 36.5 Å². The van der Waals surface area contributed by atoms with E-state index in [9.17, 15) is 0 Å². The zero-order chi connectivity index (χ0) is 11.1. The van der Waals surface area contributed by atoms with Gasteiger partial charge in [-0.25, -0.2) is 0 Å². The van der Waals surface area contributed by atoms with Crippen molar-refractivity contribution in [1.29, 1.82) is 0 Å². The molecule has 0 aliphatic carbocycles. The van der Waals surface area contributed by atoms with Crippen LogP contribution in [-0.2, 0) is 0 Å². The third kappa shape index (κ3) is 5.89. The summed E-state index contributed by atoms with van der Waals surface area (Å²) in [4.78, 5) is 6.48. The van der Waals surface area contributed by atoms with Crippen LogP contribution >= 0.6 is 24.0 Å². The summed E-state index contributed by atoms with van der Waals surface area (Å²) < 4.78 is 0. The van der Waals surface area contributed by atoms with Gasteiger partial charge in [0.2, 0.25) is 0 Å². The van der Waals surface area contributed by atoms with Gasteiger partial charge >= 0.3 is 0 Å². The Balaban J connectivity index is 0.00000225. The molecule has 1 atom stereocenters. The van der Waals surface area contributed by atoms with Crippen LogP contribution in [-0.4, -0.2) is 42.2 Å². The maximum absolute atomic E-state index is 8.88. The van der Waals surface area contributed by atoms with Gasteiger partial charge in [0.1, 0.15) is 0 Å². The summed E-state index contributed by atoms with van der Waals surface area (Å²) in [7, 11) is 0. The van der Waals surface area contributed by atoms with Crippen molar-refractivity contribution in [1.82, 2.24) is 4.90 Å². The molecule has 3 N–H and O–H groups in total. The predicted molar refractivity (Wildman–Crippen MR) is 78.2 cm³/mol. The highest BCUT2D eigenvalue weighted by molar-refractivity contribution is 14.0. The molecule has 0 aromatic carbocycles. The second-order valence-electron chi connectivity index (χ2n) is 4.39. The van der Waals surface area contributed by atoms with E-state index in [1.807, 2.05) is 6.92 Å². The average Bonchev–Trinajstić information content (AvgIpc) is 2.53. The highest BCUT2D eigenvalue weighted by Gasteiger charge is 2.10. The second-order valence-corrected chi connectivity index (χ2v) is 4.39. The Morgan fingerprint density at radius 1 is 1.31 bits per heavy atom. The number of aliphatic hydroxyl groups excluding tert-OH is 1. The number of likely N-dealkylation sites (tertiary alicyclic amines) is 1. The van der Waals surface area contributed by atoms with Crippen LogP contribution in [0.15, 0.2) is 4.99 Å². The van der Waals surface area contributed by atoms with Gasteiger partial charge in [0, 0.05) is 26.2 Å². The number of halogens is 1. The van der Waals surface area contributed by atoms with E-state index in [1.165, 1.54) is 25.7 Å². The number of rotatable bonds is 3. The van der Waals surface area contributed by atoms with E-state index in [4.69, 9.17) is 10.8 Å². The molecule has 96 valence electrons. The first-order chi connectivity index (χ1) is 7.24. The van der Waals surface area contributed by atoms with Crippen molar-refractivity contribution >= 4 is 29.9 Å². The largest absolute Gasteiger partial charge is 0.396 e. The maximum atomic E-state index is 8.88. The molecular formula is C11H24IN3O. The Morgan fingerprint density at radius 2 is 1.88 bits per heavy atom. The van der Waals surface area contributed by atoms with Crippen molar-refractivity contribution in [3.05, 3.63) is 0 Å². The Bertz CT molecular complexity index is 203. The van der Waals surface area contributed by atoms with E-state index < -0.39 is 0 Å². The topological polar surface area (TPSA) is 61.9 Å². The number of nitrogens with two attached hydrogens (primary N) is 1. The minimum absolute atomic E-state index is 0. The summed E-state index contributed by atoms with van der Waals surface area (Å²) >= 11 is 0. The molecule has 5 heteroatoms. The van der Waals surface area contributed by atoms with Crippen LogP contribution in [0.3, 0.4) is 0 Å².